The van der Waals surface area contributed by atoms with Crippen LogP contribution < -0.4 is 0 Å². The van der Waals surface area contributed by atoms with Gasteiger partial charge in [0.05, 0.1) is 11.3 Å². The summed E-state index contributed by atoms with van der Waals surface area (Å²) in [4.78, 5) is 24.5. The summed E-state index contributed by atoms with van der Waals surface area (Å²) in [5, 5.41) is 4.81. The molecule has 0 amide bonds. The van der Waals surface area contributed by atoms with Crippen LogP contribution in [0.15, 0.2) is 60.8 Å². The van der Waals surface area contributed by atoms with Crippen molar-refractivity contribution in [3.8, 4) is 5.69 Å². The second-order valence-corrected chi connectivity index (χ2v) is 5.50. The first-order valence-electron chi connectivity index (χ1n) is 7.02. The maximum Gasteiger partial charge on any atom is 0.196 e. The van der Waals surface area contributed by atoms with Crippen LogP contribution in [-0.4, -0.2) is 21.3 Å². The molecule has 0 saturated carbocycles. The second-order valence-electron chi connectivity index (χ2n) is 5.06. The highest BCUT2D eigenvalue weighted by Crippen LogP contribution is 2.18. The smallest absolute Gasteiger partial charge is 0.196 e. The zero-order valence-electron chi connectivity index (χ0n) is 12.4. The summed E-state index contributed by atoms with van der Waals surface area (Å²) in [6.07, 6.45) is 1.59. The van der Waals surface area contributed by atoms with Gasteiger partial charge in [0.1, 0.15) is 5.69 Å². The molecule has 3 aromatic rings. The average molecular weight is 325 g/mol. The van der Waals surface area contributed by atoms with E-state index in [-0.39, 0.29) is 22.8 Å². The lowest BCUT2D eigenvalue weighted by molar-refractivity contribution is 0.0987. The third kappa shape index (κ3) is 3.07. The summed E-state index contributed by atoms with van der Waals surface area (Å²) in [7, 11) is 0. The Morgan fingerprint density at radius 2 is 1.65 bits per heavy atom. The second kappa shape index (κ2) is 6.18. The van der Waals surface area contributed by atoms with E-state index in [1.807, 2.05) is 30.3 Å². The fourth-order valence-corrected chi connectivity index (χ4v) is 2.40. The number of ketones is 2. The van der Waals surface area contributed by atoms with E-state index < -0.39 is 0 Å². The molecule has 0 atom stereocenters. The van der Waals surface area contributed by atoms with Crippen molar-refractivity contribution < 1.29 is 9.59 Å². The van der Waals surface area contributed by atoms with Crippen LogP contribution in [0.2, 0.25) is 5.02 Å². The van der Waals surface area contributed by atoms with E-state index in [2.05, 4.69) is 5.10 Å². The first-order valence-corrected chi connectivity index (χ1v) is 7.40. The first-order chi connectivity index (χ1) is 11.1. The Kier molecular flexibility index (Phi) is 4.08. The number of carbonyl (C=O) groups excluding carboxylic acids is 2. The van der Waals surface area contributed by atoms with Gasteiger partial charge in [0, 0.05) is 23.7 Å². The number of nitrogens with zero attached hydrogens (tertiary/aromatic N) is 2. The minimum absolute atomic E-state index is 0.161. The quantitative estimate of drug-likeness (QED) is 0.683. The molecule has 0 saturated heterocycles. The van der Waals surface area contributed by atoms with E-state index in [0.29, 0.717) is 10.6 Å². The summed E-state index contributed by atoms with van der Waals surface area (Å²) in [6, 6.07) is 15.9. The lowest BCUT2D eigenvalue weighted by atomic mass is 10.0. The van der Waals surface area contributed by atoms with E-state index in [9.17, 15) is 9.59 Å². The molecular weight excluding hydrogens is 312 g/mol. The molecule has 3 rings (SSSR count). The summed E-state index contributed by atoms with van der Waals surface area (Å²) >= 11 is 5.85. The van der Waals surface area contributed by atoms with Crippen LogP contribution >= 0.6 is 11.6 Å². The number of benzene rings is 2. The fraction of sp³-hybridized carbons (Fsp3) is 0.0556. The van der Waals surface area contributed by atoms with Gasteiger partial charge in [0.25, 0.3) is 0 Å². The van der Waals surface area contributed by atoms with Crippen LogP contribution in [0.25, 0.3) is 5.69 Å². The van der Waals surface area contributed by atoms with Crippen molar-refractivity contribution in [3.63, 3.8) is 0 Å². The van der Waals surface area contributed by atoms with E-state index in [4.69, 9.17) is 11.6 Å². The molecule has 0 aliphatic rings. The fourth-order valence-electron chi connectivity index (χ4n) is 2.27. The Labute approximate surface area is 138 Å². The van der Waals surface area contributed by atoms with Gasteiger partial charge in [-0.2, -0.15) is 5.10 Å². The van der Waals surface area contributed by atoms with Gasteiger partial charge in [0.2, 0.25) is 0 Å². The van der Waals surface area contributed by atoms with Gasteiger partial charge in [-0.15, -0.1) is 0 Å². The molecule has 114 valence electrons. The zero-order chi connectivity index (χ0) is 16.4. The van der Waals surface area contributed by atoms with Crippen molar-refractivity contribution in [3.05, 3.63) is 82.6 Å². The number of hydrogen-bond acceptors (Lipinski definition) is 3. The predicted octanol–water partition coefficient (Wildman–Crippen LogP) is 3.96. The first kappa shape index (κ1) is 15.2. The highest BCUT2D eigenvalue weighted by Gasteiger charge is 2.21. The topological polar surface area (TPSA) is 52.0 Å². The number of rotatable bonds is 4. The van der Waals surface area contributed by atoms with E-state index >= 15 is 0 Å². The maximum absolute atomic E-state index is 12.7. The number of halogens is 1. The predicted molar refractivity (Wildman–Crippen MR) is 88.5 cm³/mol. The minimum atomic E-state index is -0.256. The molecule has 0 unspecified atom stereocenters. The van der Waals surface area contributed by atoms with Crippen molar-refractivity contribution >= 4 is 23.2 Å². The Hall–Kier alpha value is -2.72. The van der Waals surface area contributed by atoms with Crippen molar-refractivity contribution in [1.82, 2.24) is 9.78 Å². The molecule has 0 spiro atoms. The van der Waals surface area contributed by atoms with Crippen LogP contribution in [0.3, 0.4) is 0 Å². The molecule has 0 radical (unpaired) electrons. The van der Waals surface area contributed by atoms with Gasteiger partial charge in [0.15, 0.2) is 11.6 Å². The maximum atomic E-state index is 12.7. The number of para-hydroxylation sites is 1. The van der Waals surface area contributed by atoms with Crippen LogP contribution in [0.1, 0.15) is 33.3 Å². The minimum Gasteiger partial charge on any atom is -0.293 e. The third-order valence-electron chi connectivity index (χ3n) is 3.42. The summed E-state index contributed by atoms with van der Waals surface area (Å²) in [6.45, 7) is 1.40. The van der Waals surface area contributed by atoms with Crippen molar-refractivity contribution in [2.45, 2.75) is 6.92 Å². The van der Waals surface area contributed by atoms with Crippen LogP contribution in [-0.2, 0) is 0 Å². The number of Topliss-reactive ketones (excluding diaryl/α,β-unsaturated/α-hetero) is 1. The third-order valence-corrected chi connectivity index (χ3v) is 3.67. The molecule has 1 aromatic heterocycles. The van der Waals surface area contributed by atoms with Crippen molar-refractivity contribution in [1.29, 1.82) is 0 Å². The molecule has 0 aliphatic heterocycles. The number of aromatic nitrogens is 2. The Morgan fingerprint density at radius 3 is 2.26 bits per heavy atom. The Bertz CT molecular complexity index is 868. The average Bonchev–Trinajstić information content (AvgIpc) is 3.01. The van der Waals surface area contributed by atoms with E-state index in [1.54, 1.807) is 35.1 Å². The van der Waals surface area contributed by atoms with Gasteiger partial charge < -0.3 is 0 Å². The highest BCUT2D eigenvalue weighted by atomic mass is 35.5. The van der Waals surface area contributed by atoms with Crippen LogP contribution in [0, 0.1) is 0 Å². The lowest BCUT2D eigenvalue weighted by Crippen LogP contribution is -2.06. The molecule has 0 fully saturated rings. The van der Waals surface area contributed by atoms with Gasteiger partial charge in [-0.05, 0) is 36.4 Å². The lowest BCUT2D eigenvalue weighted by Gasteiger charge is -2.00. The molecule has 2 aromatic carbocycles. The Balaban J connectivity index is 2.07. The molecule has 23 heavy (non-hydrogen) atoms. The van der Waals surface area contributed by atoms with Crippen molar-refractivity contribution in [2.75, 3.05) is 0 Å². The molecular formula is C18H13ClN2O2. The standard InChI is InChI=1S/C18H13ClN2O2/c1-12(22)17-16(18(23)13-7-9-14(19)10-8-13)11-21(20-17)15-5-3-2-4-6-15/h2-11H,1H3. The molecule has 0 N–H and O–H groups in total. The van der Waals surface area contributed by atoms with Crippen LogP contribution in [0.4, 0.5) is 0 Å². The summed E-state index contributed by atoms with van der Waals surface area (Å²) in [5.41, 5.74) is 1.69. The highest BCUT2D eigenvalue weighted by molar-refractivity contribution is 6.30. The number of hydrogen-bond donors (Lipinski definition) is 0. The molecule has 0 aliphatic carbocycles. The normalized spacial score (nSPS) is 10.5. The van der Waals surface area contributed by atoms with Gasteiger partial charge in [-0.1, -0.05) is 29.8 Å². The van der Waals surface area contributed by atoms with Gasteiger partial charge in [-0.3, -0.25) is 9.59 Å². The summed E-state index contributed by atoms with van der Waals surface area (Å²) in [5.74, 6) is -0.508. The largest absolute Gasteiger partial charge is 0.293 e. The van der Waals surface area contributed by atoms with Crippen molar-refractivity contribution in [2.24, 2.45) is 0 Å². The van der Waals surface area contributed by atoms with E-state index in [1.165, 1.54) is 6.92 Å². The number of carbonyl (C=O) groups is 2. The molecule has 5 heteroatoms. The van der Waals surface area contributed by atoms with Gasteiger partial charge in [-0.25, -0.2) is 4.68 Å². The van der Waals surface area contributed by atoms with E-state index in [0.717, 1.165) is 5.69 Å². The zero-order valence-corrected chi connectivity index (χ0v) is 13.1. The summed E-state index contributed by atoms with van der Waals surface area (Å²) < 4.78 is 1.54. The van der Waals surface area contributed by atoms with Gasteiger partial charge >= 0.3 is 0 Å². The SMILES string of the molecule is CC(=O)c1nn(-c2ccccc2)cc1C(=O)c1ccc(Cl)cc1. The molecule has 0 bridgehead atoms. The molecule has 4 nitrogen and oxygen atoms in total. The van der Waals surface area contributed by atoms with Crippen LogP contribution in [0.5, 0.6) is 0 Å². The Morgan fingerprint density at radius 1 is 1.00 bits per heavy atom. The monoisotopic (exact) mass is 324 g/mol. The molecule has 1 heterocycles.